The molecule has 1 heterocycles. The van der Waals surface area contributed by atoms with E-state index >= 15 is 0 Å². The minimum atomic E-state index is -4.18. The third-order valence-electron chi connectivity index (χ3n) is 1.36. The molecule has 0 spiro atoms. The maximum Gasteiger partial charge on any atom is 0.390 e. The maximum absolute atomic E-state index is 11.8. The smallest absolute Gasteiger partial charge is 0.323 e. The molecule has 0 aliphatic rings. The molecule has 1 aromatic heterocycles. The average molecular weight is 232 g/mol. The van der Waals surface area contributed by atoms with Gasteiger partial charge in [0.05, 0.1) is 6.42 Å². The molecule has 1 nitrogen and oxygen atoms in total. The second kappa shape index (κ2) is 4.83. The number of thiophene rings is 1. The molecule has 0 aliphatic carbocycles. The first kappa shape index (κ1) is 12.7. The molecule has 0 amide bonds. The van der Waals surface area contributed by atoms with Crippen molar-refractivity contribution in [2.75, 3.05) is 0 Å². The van der Waals surface area contributed by atoms with E-state index in [1.54, 1.807) is 17.5 Å². The molecule has 1 atom stereocenters. The van der Waals surface area contributed by atoms with E-state index in [-0.39, 0.29) is 12.4 Å². The fourth-order valence-electron chi connectivity index (χ4n) is 0.852. The molecule has 0 aliphatic heterocycles. The van der Waals surface area contributed by atoms with Crippen LogP contribution in [0.4, 0.5) is 13.2 Å². The van der Waals surface area contributed by atoms with E-state index in [1.807, 2.05) is 0 Å². The molecule has 0 radical (unpaired) electrons. The lowest BCUT2D eigenvalue weighted by atomic mass is 10.2. The molecule has 0 saturated heterocycles. The van der Waals surface area contributed by atoms with Gasteiger partial charge in [-0.2, -0.15) is 13.2 Å². The Morgan fingerprint density at radius 3 is 2.46 bits per heavy atom. The van der Waals surface area contributed by atoms with Gasteiger partial charge in [-0.3, -0.25) is 0 Å². The van der Waals surface area contributed by atoms with Gasteiger partial charge in [0, 0.05) is 10.9 Å². The SMILES string of the molecule is Cl.N[C@H](CC(F)(F)F)c1cccs1. The first-order chi connectivity index (χ1) is 5.49. The van der Waals surface area contributed by atoms with Crippen LogP contribution >= 0.6 is 23.7 Å². The zero-order chi connectivity index (χ0) is 9.19. The Labute approximate surface area is 84.2 Å². The van der Waals surface area contributed by atoms with E-state index in [0.29, 0.717) is 4.88 Å². The van der Waals surface area contributed by atoms with Crippen molar-refractivity contribution < 1.29 is 13.2 Å². The van der Waals surface area contributed by atoms with Crippen molar-refractivity contribution in [2.45, 2.75) is 18.6 Å². The zero-order valence-corrected chi connectivity index (χ0v) is 8.18. The van der Waals surface area contributed by atoms with Crippen LogP contribution in [0, 0.1) is 0 Å². The minimum Gasteiger partial charge on any atom is -0.323 e. The Balaban J connectivity index is 0.00000144. The van der Waals surface area contributed by atoms with Crippen LogP contribution in [0.15, 0.2) is 17.5 Å². The summed E-state index contributed by atoms with van der Waals surface area (Å²) in [7, 11) is 0. The van der Waals surface area contributed by atoms with Crippen molar-refractivity contribution in [2.24, 2.45) is 5.73 Å². The number of hydrogen-bond donors (Lipinski definition) is 1. The van der Waals surface area contributed by atoms with Crippen LogP contribution < -0.4 is 5.73 Å². The Kier molecular flexibility index (Phi) is 4.74. The number of halogens is 4. The minimum absolute atomic E-state index is 0. The quantitative estimate of drug-likeness (QED) is 0.832. The summed E-state index contributed by atoms with van der Waals surface area (Å²) in [5.74, 6) is 0. The van der Waals surface area contributed by atoms with Gasteiger partial charge < -0.3 is 5.73 Å². The summed E-state index contributed by atoms with van der Waals surface area (Å²) in [5, 5.41) is 1.71. The number of hydrogen-bond acceptors (Lipinski definition) is 2. The van der Waals surface area contributed by atoms with E-state index in [0.717, 1.165) is 0 Å². The van der Waals surface area contributed by atoms with Crippen LogP contribution in [0.2, 0.25) is 0 Å². The molecule has 0 fully saturated rings. The standard InChI is InChI=1S/C7H8F3NS.ClH/c8-7(9,10)4-5(11)6-2-1-3-12-6;/h1-3,5H,4,11H2;1H/t5-;/m1./s1. The molecule has 13 heavy (non-hydrogen) atoms. The largest absolute Gasteiger partial charge is 0.390 e. The molecule has 6 heteroatoms. The van der Waals surface area contributed by atoms with Crippen molar-refractivity contribution in [1.29, 1.82) is 0 Å². The number of alkyl halides is 3. The van der Waals surface area contributed by atoms with Crippen LogP contribution in [0.25, 0.3) is 0 Å². The van der Waals surface area contributed by atoms with Gasteiger partial charge in [0.1, 0.15) is 0 Å². The van der Waals surface area contributed by atoms with E-state index in [2.05, 4.69) is 0 Å². The number of rotatable bonds is 2. The number of nitrogens with two attached hydrogens (primary N) is 1. The lowest BCUT2D eigenvalue weighted by molar-refractivity contribution is -0.138. The molecule has 0 aromatic carbocycles. The van der Waals surface area contributed by atoms with Gasteiger partial charge >= 0.3 is 6.18 Å². The third-order valence-corrected chi connectivity index (χ3v) is 2.36. The van der Waals surface area contributed by atoms with Gasteiger partial charge in [0.15, 0.2) is 0 Å². The zero-order valence-electron chi connectivity index (χ0n) is 6.54. The summed E-state index contributed by atoms with van der Waals surface area (Å²) >= 11 is 1.25. The Morgan fingerprint density at radius 1 is 1.46 bits per heavy atom. The molecule has 0 saturated carbocycles. The summed E-state index contributed by atoms with van der Waals surface area (Å²) in [6.45, 7) is 0. The van der Waals surface area contributed by atoms with Gasteiger partial charge in [-0.1, -0.05) is 6.07 Å². The summed E-state index contributed by atoms with van der Waals surface area (Å²) in [6.07, 6.45) is -5.13. The molecule has 1 aromatic rings. The summed E-state index contributed by atoms with van der Waals surface area (Å²) in [5.41, 5.74) is 5.32. The molecule has 76 valence electrons. The Bertz CT molecular complexity index is 234. The van der Waals surface area contributed by atoms with Crippen molar-refractivity contribution in [3.8, 4) is 0 Å². The van der Waals surface area contributed by atoms with E-state index in [4.69, 9.17) is 5.73 Å². The Hall–Kier alpha value is -0.260. The predicted molar refractivity (Wildman–Crippen MR) is 49.2 cm³/mol. The van der Waals surface area contributed by atoms with Crippen LogP contribution in [0.1, 0.15) is 17.3 Å². The van der Waals surface area contributed by atoms with Crippen molar-refractivity contribution in [1.82, 2.24) is 0 Å². The highest BCUT2D eigenvalue weighted by molar-refractivity contribution is 7.10. The molecular formula is C7H9ClF3NS. The van der Waals surface area contributed by atoms with E-state index < -0.39 is 18.6 Å². The second-order valence-corrected chi connectivity index (χ2v) is 3.42. The van der Waals surface area contributed by atoms with E-state index in [1.165, 1.54) is 11.3 Å². The fraction of sp³-hybridized carbons (Fsp3) is 0.429. The summed E-state index contributed by atoms with van der Waals surface area (Å²) < 4.78 is 35.5. The van der Waals surface area contributed by atoms with Crippen molar-refractivity contribution in [3.63, 3.8) is 0 Å². The monoisotopic (exact) mass is 231 g/mol. The molecule has 1 rings (SSSR count). The van der Waals surface area contributed by atoms with Gasteiger partial charge in [0.2, 0.25) is 0 Å². The maximum atomic E-state index is 11.8. The van der Waals surface area contributed by atoms with Crippen LogP contribution in [-0.2, 0) is 0 Å². The van der Waals surface area contributed by atoms with Gasteiger partial charge in [-0.25, -0.2) is 0 Å². The molecular weight excluding hydrogens is 223 g/mol. The molecule has 0 unspecified atom stereocenters. The van der Waals surface area contributed by atoms with E-state index in [9.17, 15) is 13.2 Å². The molecule has 2 N–H and O–H groups in total. The van der Waals surface area contributed by atoms with Crippen LogP contribution in [-0.4, -0.2) is 6.18 Å². The highest BCUT2D eigenvalue weighted by atomic mass is 35.5. The Morgan fingerprint density at radius 2 is 2.08 bits per heavy atom. The average Bonchev–Trinajstić information content (AvgIpc) is 2.32. The van der Waals surface area contributed by atoms with Gasteiger partial charge in [-0.05, 0) is 11.4 Å². The topological polar surface area (TPSA) is 26.0 Å². The highest BCUT2D eigenvalue weighted by Gasteiger charge is 2.31. The summed E-state index contributed by atoms with van der Waals surface area (Å²) in [6, 6.07) is 2.39. The van der Waals surface area contributed by atoms with Gasteiger partial charge in [0.25, 0.3) is 0 Å². The third kappa shape index (κ3) is 4.50. The normalized spacial score (nSPS) is 13.5. The van der Waals surface area contributed by atoms with Crippen molar-refractivity contribution in [3.05, 3.63) is 22.4 Å². The van der Waals surface area contributed by atoms with Crippen LogP contribution in [0.3, 0.4) is 0 Å². The van der Waals surface area contributed by atoms with Crippen LogP contribution in [0.5, 0.6) is 0 Å². The second-order valence-electron chi connectivity index (χ2n) is 2.44. The predicted octanol–water partition coefficient (Wildman–Crippen LogP) is 3.12. The first-order valence-corrected chi connectivity index (χ1v) is 4.23. The highest BCUT2D eigenvalue weighted by Crippen LogP contribution is 2.29. The van der Waals surface area contributed by atoms with Gasteiger partial charge in [-0.15, -0.1) is 23.7 Å². The molecule has 0 bridgehead atoms. The summed E-state index contributed by atoms with van der Waals surface area (Å²) in [4.78, 5) is 0.576. The van der Waals surface area contributed by atoms with Crippen molar-refractivity contribution >= 4 is 23.7 Å². The lowest BCUT2D eigenvalue weighted by Crippen LogP contribution is -2.19. The first-order valence-electron chi connectivity index (χ1n) is 3.35. The fourth-order valence-corrected chi connectivity index (χ4v) is 1.58. The lowest BCUT2D eigenvalue weighted by Gasteiger charge is -2.11.